The van der Waals surface area contributed by atoms with Gasteiger partial charge in [-0.15, -0.1) is 24.0 Å². The number of rotatable bonds is 8. The molecule has 1 aliphatic rings. The molecule has 1 aliphatic heterocycles. The summed E-state index contributed by atoms with van der Waals surface area (Å²) in [6, 6.07) is 12.8. The molecule has 31 heavy (non-hydrogen) atoms. The van der Waals surface area contributed by atoms with Gasteiger partial charge >= 0.3 is 0 Å². The van der Waals surface area contributed by atoms with Crippen molar-refractivity contribution in [2.75, 3.05) is 39.3 Å². The fourth-order valence-corrected chi connectivity index (χ4v) is 3.82. The highest BCUT2D eigenvalue weighted by Crippen LogP contribution is 2.16. The first-order valence-electron chi connectivity index (χ1n) is 10.9. The zero-order valence-electron chi connectivity index (χ0n) is 19.2. The molecule has 2 heterocycles. The Balaban J connectivity index is 0.00000341. The molecular formula is C23H37IN6O. The first-order chi connectivity index (χ1) is 14.5. The van der Waals surface area contributed by atoms with E-state index in [4.69, 9.17) is 9.52 Å². The summed E-state index contributed by atoms with van der Waals surface area (Å²) in [5.41, 5.74) is 2.18. The van der Waals surface area contributed by atoms with Gasteiger partial charge in [-0.05, 0) is 33.3 Å². The van der Waals surface area contributed by atoms with Gasteiger partial charge in [0.05, 0.1) is 12.2 Å². The number of guanidine groups is 1. The predicted octanol–water partition coefficient (Wildman–Crippen LogP) is 3.51. The van der Waals surface area contributed by atoms with Crippen molar-refractivity contribution in [1.82, 2.24) is 25.6 Å². The summed E-state index contributed by atoms with van der Waals surface area (Å²) in [6.07, 6.45) is 1.63. The van der Waals surface area contributed by atoms with Gasteiger partial charge in [0.2, 0.25) is 0 Å². The van der Waals surface area contributed by atoms with E-state index in [0.29, 0.717) is 6.54 Å². The maximum Gasteiger partial charge on any atom is 0.194 e. The van der Waals surface area contributed by atoms with E-state index in [1.54, 1.807) is 6.26 Å². The van der Waals surface area contributed by atoms with Crippen molar-refractivity contribution in [2.24, 2.45) is 4.99 Å². The number of aromatic nitrogens is 1. The molecule has 1 aromatic heterocycles. The average molecular weight is 540 g/mol. The lowest BCUT2D eigenvalue weighted by atomic mass is 10.0. The van der Waals surface area contributed by atoms with Gasteiger partial charge in [-0.2, -0.15) is 0 Å². The van der Waals surface area contributed by atoms with Crippen molar-refractivity contribution in [3.63, 3.8) is 0 Å². The van der Waals surface area contributed by atoms with E-state index < -0.39 is 0 Å². The summed E-state index contributed by atoms with van der Waals surface area (Å²) in [5.74, 6) is 1.00. The third kappa shape index (κ3) is 8.08. The van der Waals surface area contributed by atoms with Crippen LogP contribution in [0.4, 0.5) is 0 Å². The topological polar surface area (TPSA) is 68.9 Å². The normalized spacial score (nSPS) is 16.6. The standard InChI is InChI=1S/C23H36N6O.HI/c1-5-24-22(29-14-12-28(13-15-29)17-21-11-16-30-27-21)25-18-23(3,4)26-19(2)20-9-7-6-8-10-20;/h6-11,16,19,26H,5,12-15,17-18H2,1-4H3,(H,24,25);1H. The fourth-order valence-electron chi connectivity index (χ4n) is 3.82. The number of nitrogens with zero attached hydrogens (tertiary/aromatic N) is 4. The van der Waals surface area contributed by atoms with Crippen molar-refractivity contribution in [3.05, 3.63) is 53.9 Å². The number of aliphatic imine (C=N–C) groups is 1. The number of piperazine rings is 1. The van der Waals surface area contributed by atoms with Crippen LogP contribution in [0.25, 0.3) is 0 Å². The highest BCUT2D eigenvalue weighted by atomic mass is 127. The highest BCUT2D eigenvalue weighted by molar-refractivity contribution is 14.0. The summed E-state index contributed by atoms with van der Waals surface area (Å²) in [7, 11) is 0. The first kappa shape index (κ1) is 25.6. The Kier molecular flexibility index (Phi) is 10.2. The van der Waals surface area contributed by atoms with Gasteiger partial charge in [0, 0.05) is 56.9 Å². The summed E-state index contributed by atoms with van der Waals surface area (Å²) in [5, 5.41) is 11.2. The van der Waals surface area contributed by atoms with Gasteiger partial charge in [-0.1, -0.05) is 35.5 Å². The van der Waals surface area contributed by atoms with E-state index in [-0.39, 0.29) is 35.6 Å². The Morgan fingerprint density at radius 2 is 1.87 bits per heavy atom. The van der Waals surface area contributed by atoms with Crippen LogP contribution in [0.5, 0.6) is 0 Å². The van der Waals surface area contributed by atoms with Gasteiger partial charge in [0.15, 0.2) is 5.96 Å². The van der Waals surface area contributed by atoms with Crippen molar-refractivity contribution in [1.29, 1.82) is 0 Å². The Morgan fingerprint density at radius 1 is 1.16 bits per heavy atom. The molecule has 1 fully saturated rings. The van der Waals surface area contributed by atoms with Gasteiger partial charge in [-0.25, -0.2) is 0 Å². The van der Waals surface area contributed by atoms with E-state index in [9.17, 15) is 0 Å². The molecule has 1 saturated heterocycles. The molecule has 1 unspecified atom stereocenters. The summed E-state index contributed by atoms with van der Waals surface area (Å²) in [4.78, 5) is 9.75. The lowest BCUT2D eigenvalue weighted by molar-refractivity contribution is 0.168. The number of hydrogen-bond acceptors (Lipinski definition) is 5. The molecule has 0 saturated carbocycles. The fraction of sp³-hybridized carbons (Fsp3) is 0.565. The number of nitrogens with one attached hydrogen (secondary N) is 2. The van der Waals surface area contributed by atoms with Crippen molar-refractivity contribution >= 4 is 29.9 Å². The molecule has 0 amide bonds. The molecule has 1 atom stereocenters. The van der Waals surface area contributed by atoms with Crippen LogP contribution in [-0.4, -0.2) is 65.7 Å². The number of hydrogen-bond donors (Lipinski definition) is 2. The van der Waals surface area contributed by atoms with Crippen LogP contribution in [0.3, 0.4) is 0 Å². The molecule has 0 spiro atoms. The van der Waals surface area contributed by atoms with Gasteiger partial charge in [0.25, 0.3) is 0 Å². The second kappa shape index (κ2) is 12.4. The second-order valence-electron chi connectivity index (χ2n) is 8.58. The molecule has 1 aromatic carbocycles. The van der Waals surface area contributed by atoms with Crippen LogP contribution in [-0.2, 0) is 6.54 Å². The van der Waals surface area contributed by atoms with E-state index in [2.05, 4.69) is 83.6 Å². The SMILES string of the molecule is CCNC(=NCC(C)(C)NC(C)c1ccccc1)N1CCN(Cc2ccon2)CC1.I. The lowest BCUT2D eigenvalue weighted by Gasteiger charge is -2.37. The van der Waals surface area contributed by atoms with Crippen molar-refractivity contribution in [3.8, 4) is 0 Å². The minimum absolute atomic E-state index is 0. The van der Waals surface area contributed by atoms with Crippen LogP contribution >= 0.6 is 24.0 Å². The molecule has 2 N–H and O–H groups in total. The zero-order valence-corrected chi connectivity index (χ0v) is 21.5. The number of halogens is 1. The third-order valence-corrected chi connectivity index (χ3v) is 5.41. The van der Waals surface area contributed by atoms with Crippen LogP contribution in [0.1, 0.15) is 45.0 Å². The summed E-state index contributed by atoms with van der Waals surface area (Å²) < 4.78 is 4.94. The molecule has 0 radical (unpaired) electrons. The van der Waals surface area contributed by atoms with E-state index in [0.717, 1.165) is 50.9 Å². The van der Waals surface area contributed by atoms with Crippen LogP contribution in [0, 0.1) is 0 Å². The number of benzene rings is 1. The largest absolute Gasteiger partial charge is 0.364 e. The van der Waals surface area contributed by atoms with E-state index in [1.165, 1.54) is 5.56 Å². The van der Waals surface area contributed by atoms with Gasteiger partial charge in [0.1, 0.15) is 6.26 Å². The maximum atomic E-state index is 4.98. The quantitative estimate of drug-likeness (QED) is 0.304. The Hall–Kier alpha value is -1.65. The zero-order chi connectivity index (χ0) is 21.4. The Bertz CT molecular complexity index is 773. The smallest absolute Gasteiger partial charge is 0.194 e. The molecule has 3 rings (SSSR count). The minimum atomic E-state index is -0.106. The molecular weight excluding hydrogens is 503 g/mol. The highest BCUT2D eigenvalue weighted by Gasteiger charge is 2.23. The Labute approximate surface area is 203 Å². The molecule has 0 bridgehead atoms. The van der Waals surface area contributed by atoms with Gasteiger partial charge in [-0.3, -0.25) is 9.89 Å². The van der Waals surface area contributed by atoms with Crippen molar-refractivity contribution in [2.45, 2.75) is 45.8 Å². The van der Waals surface area contributed by atoms with E-state index >= 15 is 0 Å². The molecule has 0 aliphatic carbocycles. The molecule has 7 nitrogen and oxygen atoms in total. The van der Waals surface area contributed by atoms with Crippen molar-refractivity contribution < 1.29 is 4.52 Å². The third-order valence-electron chi connectivity index (χ3n) is 5.41. The van der Waals surface area contributed by atoms with Crippen LogP contribution in [0.15, 0.2) is 52.2 Å². The second-order valence-corrected chi connectivity index (χ2v) is 8.58. The summed E-state index contributed by atoms with van der Waals surface area (Å²) >= 11 is 0. The maximum absolute atomic E-state index is 4.98. The average Bonchev–Trinajstić information content (AvgIpc) is 3.25. The summed E-state index contributed by atoms with van der Waals surface area (Å²) in [6.45, 7) is 15.1. The molecule has 172 valence electrons. The first-order valence-corrected chi connectivity index (χ1v) is 10.9. The molecule has 2 aromatic rings. The Morgan fingerprint density at radius 3 is 2.48 bits per heavy atom. The minimum Gasteiger partial charge on any atom is -0.364 e. The van der Waals surface area contributed by atoms with Crippen LogP contribution in [0.2, 0.25) is 0 Å². The predicted molar refractivity (Wildman–Crippen MR) is 137 cm³/mol. The van der Waals surface area contributed by atoms with Crippen LogP contribution < -0.4 is 10.6 Å². The van der Waals surface area contributed by atoms with E-state index in [1.807, 2.05) is 6.07 Å². The lowest BCUT2D eigenvalue weighted by Crippen LogP contribution is -2.53. The van der Waals surface area contributed by atoms with Gasteiger partial charge < -0.3 is 20.1 Å². The monoisotopic (exact) mass is 540 g/mol. The molecule has 8 heteroatoms.